The first-order valence-electron chi connectivity index (χ1n) is 5.05. The van der Waals surface area contributed by atoms with E-state index >= 15 is 0 Å². The molecule has 0 aliphatic heterocycles. The lowest BCUT2D eigenvalue weighted by atomic mass is 10.3. The zero-order valence-corrected chi connectivity index (χ0v) is 12.1. The van der Waals surface area contributed by atoms with Crippen LogP contribution in [0.1, 0.15) is 11.4 Å². The number of hydrogen-bond acceptors (Lipinski definition) is 4. The van der Waals surface area contributed by atoms with Crippen LogP contribution >= 0.6 is 24.8 Å². The first-order valence-corrected chi connectivity index (χ1v) is 5.05. The number of nitrogens with zero attached hydrogens (tertiary/aromatic N) is 3. The molecule has 5 nitrogen and oxygen atoms in total. The maximum atomic E-state index is 10.00. The van der Waals surface area contributed by atoms with Gasteiger partial charge in [-0.2, -0.15) is 4.73 Å². The van der Waals surface area contributed by atoms with Gasteiger partial charge in [0.25, 0.3) is 0 Å². The molecule has 2 aromatic rings. The molecule has 2 rings (SSSR count). The van der Waals surface area contributed by atoms with Crippen molar-refractivity contribution in [1.82, 2.24) is 14.6 Å². The van der Waals surface area contributed by atoms with E-state index < -0.39 is 0 Å². The van der Waals surface area contributed by atoms with Crippen LogP contribution in [0.5, 0.6) is 0 Å². The lowest BCUT2D eigenvalue weighted by molar-refractivity contribution is 0.171. The minimum absolute atomic E-state index is 0. The summed E-state index contributed by atoms with van der Waals surface area (Å²) in [5, 5.41) is 10.00. The molecule has 2 heterocycles. The highest BCUT2D eigenvalue weighted by molar-refractivity contribution is 5.85. The summed E-state index contributed by atoms with van der Waals surface area (Å²) in [5.41, 5.74) is 1.58. The minimum atomic E-state index is 0. The molecule has 0 saturated carbocycles. The summed E-state index contributed by atoms with van der Waals surface area (Å²) in [6, 6.07) is 3.54. The topological polar surface area (TPSA) is 54.4 Å². The van der Waals surface area contributed by atoms with Gasteiger partial charge in [0.2, 0.25) is 5.82 Å². The molecular weight excluding hydrogens is 277 g/mol. The van der Waals surface area contributed by atoms with E-state index in [2.05, 4.69) is 4.98 Å². The van der Waals surface area contributed by atoms with Gasteiger partial charge in [-0.05, 0) is 33.2 Å². The molecule has 18 heavy (non-hydrogen) atoms. The molecule has 102 valence electrons. The van der Waals surface area contributed by atoms with Crippen molar-refractivity contribution in [2.24, 2.45) is 0 Å². The Kier molecular flexibility index (Phi) is 6.25. The maximum absolute atomic E-state index is 10.00. The van der Waals surface area contributed by atoms with Crippen LogP contribution in [0.25, 0.3) is 11.6 Å². The minimum Gasteiger partial charge on any atom is -0.461 e. The van der Waals surface area contributed by atoms with E-state index in [1.54, 1.807) is 18.4 Å². The third-order valence-electron chi connectivity index (χ3n) is 2.36. The number of aromatic nitrogens is 2. The summed E-state index contributed by atoms with van der Waals surface area (Å²) in [4.78, 5) is 6.27. The molecule has 0 amide bonds. The fourth-order valence-electron chi connectivity index (χ4n) is 1.60. The largest absolute Gasteiger partial charge is 0.461 e. The first-order chi connectivity index (χ1) is 7.59. The van der Waals surface area contributed by atoms with E-state index in [-0.39, 0.29) is 24.8 Å². The predicted molar refractivity (Wildman–Crippen MR) is 73.7 cm³/mol. The van der Waals surface area contributed by atoms with Gasteiger partial charge in [-0.3, -0.25) is 0 Å². The molecule has 0 radical (unpaired) electrons. The molecule has 0 bridgehead atoms. The molecule has 0 atom stereocenters. The SMILES string of the molecule is Cc1nc(-c2ccco2)n(O)c1CN(C)C.Cl.Cl. The Balaban J connectivity index is 0.00000144. The standard InChI is InChI=1S/C11H15N3O2.2ClH/c1-8-9(7-13(2)3)14(15)11(12-8)10-5-4-6-16-10;;/h4-6,15H,7H2,1-3H3;2*1H. The fourth-order valence-corrected chi connectivity index (χ4v) is 1.60. The van der Waals surface area contributed by atoms with E-state index in [1.807, 2.05) is 25.9 Å². The Morgan fingerprint density at radius 2 is 2.06 bits per heavy atom. The highest BCUT2D eigenvalue weighted by Crippen LogP contribution is 2.21. The van der Waals surface area contributed by atoms with Crippen molar-refractivity contribution in [3.8, 4) is 11.6 Å². The van der Waals surface area contributed by atoms with Crippen LogP contribution in [0.2, 0.25) is 0 Å². The van der Waals surface area contributed by atoms with Crippen molar-refractivity contribution in [1.29, 1.82) is 0 Å². The van der Waals surface area contributed by atoms with Gasteiger partial charge in [-0.15, -0.1) is 24.8 Å². The van der Waals surface area contributed by atoms with E-state index in [4.69, 9.17) is 4.42 Å². The van der Waals surface area contributed by atoms with E-state index in [9.17, 15) is 5.21 Å². The van der Waals surface area contributed by atoms with Crippen LogP contribution in [0.15, 0.2) is 22.8 Å². The quantitative estimate of drug-likeness (QED) is 0.884. The van der Waals surface area contributed by atoms with Crippen LogP contribution in [0.3, 0.4) is 0 Å². The summed E-state index contributed by atoms with van der Waals surface area (Å²) >= 11 is 0. The molecule has 0 aliphatic carbocycles. The van der Waals surface area contributed by atoms with Crippen LogP contribution in [-0.4, -0.2) is 33.9 Å². The smallest absolute Gasteiger partial charge is 0.211 e. The summed E-state index contributed by atoms with van der Waals surface area (Å²) < 4.78 is 6.31. The second-order valence-electron chi connectivity index (χ2n) is 3.99. The predicted octanol–water partition coefficient (Wildman–Crippen LogP) is 2.59. The van der Waals surface area contributed by atoms with Crippen LogP contribution in [0, 0.1) is 6.92 Å². The lowest BCUT2D eigenvalue weighted by Gasteiger charge is -2.09. The first kappa shape index (κ1) is 16.8. The zero-order valence-electron chi connectivity index (χ0n) is 10.5. The Bertz CT molecular complexity index is 481. The summed E-state index contributed by atoms with van der Waals surface area (Å²) in [7, 11) is 3.89. The molecule has 0 spiro atoms. The number of imidazole rings is 1. The fraction of sp³-hybridized carbons (Fsp3) is 0.364. The monoisotopic (exact) mass is 293 g/mol. The average Bonchev–Trinajstić information content (AvgIpc) is 2.80. The van der Waals surface area contributed by atoms with Crippen molar-refractivity contribution >= 4 is 24.8 Å². The molecular formula is C11H17Cl2N3O2. The molecule has 1 N–H and O–H groups in total. The van der Waals surface area contributed by atoms with Gasteiger partial charge in [0, 0.05) is 6.54 Å². The molecule has 0 fully saturated rings. The highest BCUT2D eigenvalue weighted by Gasteiger charge is 2.17. The molecule has 7 heteroatoms. The normalized spacial score (nSPS) is 10.0. The van der Waals surface area contributed by atoms with Crippen molar-refractivity contribution in [3.05, 3.63) is 29.8 Å². The average molecular weight is 294 g/mol. The number of aryl methyl sites for hydroxylation is 1. The van der Waals surface area contributed by atoms with Crippen molar-refractivity contribution in [3.63, 3.8) is 0 Å². The van der Waals surface area contributed by atoms with E-state index in [0.29, 0.717) is 18.1 Å². The van der Waals surface area contributed by atoms with Crippen molar-refractivity contribution in [2.75, 3.05) is 14.1 Å². The maximum Gasteiger partial charge on any atom is 0.211 e. The number of furan rings is 1. The second kappa shape index (κ2) is 6.68. The van der Waals surface area contributed by atoms with Crippen LogP contribution < -0.4 is 0 Å². The van der Waals surface area contributed by atoms with Gasteiger partial charge in [-0.1, -0.05) is 0 Å². The van der Waals surface area contributed by atoms with Crippen LogP contribution in [0.4, 0.5) is 0 Å². The zero-order chi connectivity index (χ0) is 11.7. The lowest BCUT2D eigenvalue weighted by Crippen LogP contribution is -2.14. The third-order valence-corrected chi connectivity index (χ3v) is 2.36. The molecule has 0 unspecified atom stereocenters. The Morgan fingerprint density at radius 1 is 1.39 bits per heavy atom. The van der Waals surface area contributed by atoms with E-state index in [0.717, 1.165) is 16.1 Å². The number of rotatable bonds is 3. The van der Waals surface area contributed by atoms with Gasteiger partial charge < -0.3 is 14.5 Å². The number of halogens is 2. The summed E-state index contributed by atoms with van der Waals surface area (Å²) in [6.45, 7) is 2.51. The summed E-state index contributed by atoms with van der Waals surface area (Å²) in [6.07, 6.45) is 1.56. The highest BCUT2D eigenvalue weighted by atomic mass is 35.5. The molecule has 0 aliphatic rings. The molecule has 2 aromatic heterocycles. The second-order valence-corrected chi connectivity index (χ2v) is 3.99. The van der Waals surface area contributed by atoms with Crippen LogP contribution in [-0.2, 0) is 6.54 Å². The van der Waals surface area contributed by atoms with Gasteiger partial charge in [0.05, 0.1) is 17.7 Å². The summed E-state index contributed by atoms with van der Waals surface area (Å²) in [5.74, 6) is 1.01. The van der Waals surface area contributed by atoms with Gasteiger partial charge in [0.15, 0.2) is 5.76 Å². The van der Waals surface area contributed by atoms with Crippen molar-refractivity contribution < 1.29 is 9.62 Å². The van der Waals surface area contributed by atoms with Gasteiger partial charge in [-0.25, -0.2) is 4.98 Å². The molecule has 0 aromatic carbocycles. The third kappa shape index (κ3) is 3.19. The Hall–Kier alpha value is -1.17. The van der Waals surface area contributed by atoms with E-state index in [1.165, 1.54) is 0 Å². The Morgan fingerprint density at radius 3 is 2.56 bits per heavy atom. The number of hydrogen-bond donors (Lipinski definition) is 1. The molecule has 0 saturated heterocycles. The Labute approximate surface area is 118 Å². The van der Waals surface area contributed by atoms with Crippen molar-refractivity contribution in [2.45, 2.75) is 13.5 Å². The van der Waals surface area contributed by atoms with Gasteiger partial charge in [0.1, 0.15) is 0 Å². The van der Waals surface area contributed by atoms with Gasteiger partial charge >= 0.3 is 0 Å².